The SMILES string of the molecule is CCOC(=O)c1csc(-n2nc(-c3ccc(OC)cc3)cc2NC(C)=O)n1. The lowest BCUT2D eigenvalue weighted by atomic mass is 10.1. The van der Waals surface area contributed by atoms with E-state index in [1.54, 1.807) is 25.5 Å². The van der Waals surface area contributed by atoms with E-state index in [1.807, 2.05) is 24.3 Å². The predicted octanol–water partition coefficient (Wildman–Crippen LogP) is 3.14. The third-order valence-electron chi connectivity index (χ3n) is 3.56. The fraction of sp³-hybridized carbons (Fsp3) is 0.222. The molecule has 0 aliphatic carbocycles. The smallest absolute Gasteiger partial charge is 0.357 e. The molecule has 2 heterocycles. The second-order valence-corrected chi connectivity index (χ2v) is 6.31. The number of ether oxygens (including phenoxy) is 2. The van der Waals surface area contributed by atoms with Gasteiger partial charge in [0.2, 0.25) is 11.0 Å². The molecule has 1 aromatic carbocycles. The van der Waals surface area contributed by atoms with Crippen LogP contribution in [0.15, 0.2) is 35.7 Å². The van der Waals surface area contributed by atoms with Crippen LogP contribution in [0.1, 0.15) is 24.3 Å². The van der Waals surface area contributed by atoms with E-state index in [0.717, 1.165) is 11.3 Å². The summed E-state index contributed by atoms with van der Waals surface area (Å²) in [6.45, 7) is 3.41. The second kappa shape index (κ2) is 8.00. The van der Waals surface area contributed by atoms with Crippen LogP contribution in [0.25, 0.3) is 16.4 Å². The van der Waals surface area contributed by atoms with Gasteiger partial charge < -0.3 is 14.8 Å². The highest BCUT2D eigenvalue weighted by molar-refractivity contribution is 7.12. The van der Waals surface area contributed by atoms with Gasteiger partial charge in [0.1, 0.15) is 11.6 Å². The van der Waals surface area contributed by atoms with Gasteiger partial charge in [-0.1, -0.05) is 0 Å². The Labute approximate surface area is 159 Å². The van der Waals surface area contributed by atoms with Crippen molar-refractivity contribution in [1.82, 2.24) is 14.8 Å². The van der Waals surface area contributed by atoms with Crippen molar-refractivity contribution >= 4 is 29.0 Å². The lowest BCUT2D eigenvalue weighted by Crippen LogP contribution is -2.11. The second-order valence-electron chi connectivity index (χ2n) is 5.47. The number of anilines is 1. The van der Waals surface area contributed by atoms with Crippen molar-refractivity contribution in [1.29, 1.82) is 0 Å². The Hall–Kier alpha value is -3.20. The number of benzene rings is 1. The van der Waals surface area contributed by atoms with Gasteiger partial charge in [-0.25, -0.2) is 9.78 Å². The average Bonchev–Trinajstić information content (AvgIpc) is 3.28. The van der Waals surface area contributed by atoms with E-state index in [0.29, 0.717) is 16.6 Å². The van der Waals surface area contributed by atoms with E-state index in [1.165, 1.54) is 22.9 Å². The molecule has 8 nitrogen and oxygen atoms in total. The fourth-order valence-corrected chi connectivity index (χ4v) is 3.12. The fourth-order valence-electron chi connectivity index (χ4n) is 2.36. The van der Waals surface area contributed by atoms with Crippen LogP contribution >= 0.6 is 11.3 Å². The van der Waals surface area contributed by atoms with E-state index < -0.39 is 5.97 Å². The Morgan fingerprint density at radius 2 is 2.00 bits per heavy atom. The summed E-state index contributed by atoms with van der Waals surface area (Å²) in [4.78, 5) is 27.7. The van der Waals surface area contributed by atoms with Gasteiger partial charge in [0.15, 0.2) is 5.69 Å². The van der Waals surface area contributed by atoms with Crippen molar-refractivity contribution < 1.29 is 19.1 Å². The molecular weight excluding hydrogens is 368 g/mol. The van der Waals surface area contributed by atoms with Gasteiger partial charge in [-0.05, 0) is 31.2 Å². The van der Waals surface area contributed by atoms with Crippen molar-refractivity contribution in [2.45, 2.75) is 13.8 Å². The molecule has 3 rings (SSSR count). The van der Waals surface area contributed by atoms with Crippen LogP contribution in [0.4, 0.5) is 5.82 Å². The lowest BCUT2D eigenvalue weighted by molar-refractivity contribution is -0.114. The van der Waals surface area contributed by atoms with Crippen molar-refractivity contribution in [3.05, 3.63) is 41.4 Å². The van der Waals surface area contributed by atoms with Crippen LogP contribution in [0.3, 0.4) is 0 Å². The molecule has 27 heavy (non-hydrogen) atoms. The number of esters is 1. The number of nitrogens with zero attached hydrogens (tertiary/aromatic N) is 3. The Bertz CT molecular complexity index is 962. The summed E-state index contributed by atoms with van der Waals surface area (Å²) in [5, 5.41) is 9.31. The maximum Gasteiger partial charge on any atom is 0.357 e. The minimum absolute atomic E-state index is 0.201. The van der Waals surface area contributed by atoms with E-state index >= 15 is 0 Å². The Morgan fingerprint density at radius 1 is 1.26 bits per heavy atom. The van der Waals surface area contributed by atoms with Gasteiger partial charge in [-0.3, -0.25) is 4.79 Å². The Morgan fingerprint density at radius 3 is 2.63 bits per heavy atom. The summed E-state index contributed by atoms with van der Waals surface area (Å²) in [5.41, 5.74) is 1.70. The average molecular weight is 386 g/mol. The summed E-state index contributed by atoms with van der Waals surface area (Å²) in [5.74, 6) is 0.459. The number of nitrogens with one attached hydrogen (secondary N) is 1. The molecule has 0 saturated heterocycles. The highest BCUT2D eigenvalue weighted by Crippen LogP contribution is 2.27. The van der Waals surface area contributed by atoms with Gasteiger partial charge in [0.25, 0.3) is 0 Å². The summed E-state index contributed by atoms with van der Waals surface area (Å²) in [7, 11) is 1.60. The van der Waals surface area contributed by atoms with Gasteiger partial charge >= 0.3 is 5.97 Å². The lowest BCUT2D eigenvalue weighted by Gasteiger charge is -2.03. The maximum absolute atomic E-state index is 11.8. The number of amides is 1. The zero-order valence-corrected chi connectivity index (χ0v) is 15.9. The molecule has 0 bridgehead atoms. The molecule has 0 radical (unpaired) electrons. The Balaban J connectivity index is 1.99. The topological polar surface area (TPSA) is 95.3 Å². The first-order chi connectivity index (χ1) is 13.0. The van der Waals surface area contributed by atoms with Crippen molar-refractivity contribution in [3.8, 4) is 22.1 Å². The van der Waals surface area contributed by atoms with Crippen LogP contribution in [0.2, 0.25) is 0 Å². The number of hydrogen-bond donors (Lipinski definition) is 1. The van der Waals surface area contributed by atoms with Crippen molar-refractivity contribution in [3.63, 3.8) is 0 Å². The first-order valence-corrected chi connectivity index (χ1v) is 9.05. The molecule has 0 fully saturated rings. The standard InChI is InChI=1S/C18H18N4O4S/c1-4-26-17(24)15-10-27-18(20-15)22-16(19-11(2)23)9-14(21-22)12-5-7-13(25-3)8-6-12/h5-10H,4H2,1-3H3,(H,19,23). The summed E-state index contributed by atoms with van der Waals surface area (Å²) >= 11 is 1.23. The van der Waals surface area contributed by atoms with Crippen LogP contribution in [-0.4, -0.2) is 40.4 Å². The molecule has 9 heteroatoms. The maximum atomic E-state index is 11.8. The first-order valence-electron chi connectivity index (χ1n) is 8.17. The molecule has 0 aliphatic rings. The van der Waals surface area contributed by atoms with Crippen LogP contribution in [-0.2, 0) is 9.53 Å². The van der Waals surface area contributed by atoms with Gasteiger partial charge in [-0.15, -0.1) is 11.3 Å². The number of hydrogen-bond acceptors (Lipinski definition) is 7. The molecule has 1 amide bonds. The first kappa shape index (κ1) is 18.6. The highest BCUT2D eigenvalue weighted by Gasteiger charge is 2.18. The highest BCUT2D eigenvalue weighted by atomic mass is 32.1. The zero-order chi connectivity index (χ0) is 19.4. The predicted molar refractivity (Wildman–Crippen MR) is 101 cm³/mol. The molecule has 0 aliphatic heterocycles. The molecule has 3 aromatic rings. The van der Waals surface area contributed by atoms with E-state index in [4.69, 9.17) is 9.47 Å². The van der Waals surface area contributed by atoms with Crippen LogP contribution in [0, 0.1) is 0 Å². The number of aromatic nitrogens is 3. The normalized spacial score (nSPS) is 10.5. The molecule has 140 valence electrons. The van der Waals surface area contributed by atoms with Crippen LogP contribution in [0.5, 0.6) is 5.75 Å². The number of rotatable bonds is 6. The monoisotopic (exact) mass is 386 g/mol. The van der Waals surface area contributed by atoms with E-state index in [9.17, 15) is 9.59 Å². The number of carbonyl (C=O) groups excluding carboxylic acids is 2. The molecule has 0 spiro atoms. The molecule has 2 aromatic heterocycles. The van der Waals surface area contributed by atoms with Crippen molar-refractivity contribution in [2.24, 2.45) is 0 Å². The third kappa shape index (κ3) is 4.14. The van der Waals surface area contributed by atoms with E-state index in [2.05, 4.69) is 15.4 Å². The third-order valence-corrected chi connectivity index (χ3v) is 4.37. The Kier molecular flexibility index (Phi) is 5.51. The largest absolute Gasteiger partial charge is 0.497 e. The molecule has 0 saturated carbocycles. The summed E-state index contributed by atoms with van der Waals surface area (Å²) in [6, 6.07) is 9.14. The summed E-state index contributed by atoms with van der Waals surface area (Å²) in [6.07, 6.45) is 0. The zero-order valence-electron chi connectivity index (χ0n) is 15.1. The number of methoxy groups -OCH3 is 1. The minimum atomic E-state index is -0.497. The minimum Gasteiger partial charge on any atom is -0.497 e. The van der Waals surface area contributed by atoms with Gasteiger partial charge in [-0.2, -0.15) is 9.78 Å². The van der Waals surface area contributed by atoms with Gasteiger partial charge in [0.05, 0.1) is 19.4 Å². The molecule has 0 atom stereocenters. The molecular formula is C18H18N4O4S. The summed E-state index contributed by atoms with van der Waals surface area (Å²) < 4.78 is 11.6. The number of carbonyl (C=O) groups is 2. The van der Waals surface area contributed by atoms with E-state index in [-0.39, 0.29) is 18.2 Å². The molecule has 0 unspecified atom stereocenters. The van der Waals surface area contributed by atoms with Crippen LogP contribution < -0.4 is 10.1 Å². The number of thiazole rings is 1. The quantitative estimate of drug-likeness (QED) is 0.654. The van der Waals surface area contributed by atoms with Crippen molar-refractivity contribution in [2.75, 3.05) is 19.0 Å². The van der Waals surface area contributed by atoms with Gasteiger partial charge in [0, 0.05) is 23.9 Å². The molecule has 1 N–H and O–H groups in total.